The van der Waals surface area contributed by atoms with Crippen molar-refractivity contribution in [2.45, 2.75) is 26.5 Å². The molecule has 0 aliphatic heterocycles. The molecule has 0 heterocycles. The van der Waals surface area contributed by atoms with Gasteiger partial charge in [0.05, 0.1) is 0 Å². The summed E-state index contributed by atoms with van der Waals surface area (Å²) in [6, 6.07) is 5.88. The van der Waals surface area contributed by atoms with Gasteiger partial charge in [0.1, 0.15) is 5.75 Å². The first-order chi connectivity index (χ1) is 6.59. The fourth-order valence-electron chi connectivity index (χ4n) is 1.20. The Kier molecular flexibility index (Phi) is 4.33. The number of thioether (sulfide) groups is 1. The number of rotatable bonds is 4. The maximum Gasteiger partial charge on any atom is 0.119 e. The number of hydrogen-bond donors (Lipinski definition) is 1. The van der Waals surface area contributed by atoms with Crippen molar-refractivity contribution < 1.29 is 5.11 Å². The Hall–Kier alpha value is -0.630. The van der Waals surface area contributed by atoms with E-state index in [0.717, 1.165) is 22.6 Å². The largest absolute Gasteiger partial charge is 0.508 e. The first-order valence-corrected chi connectivity index (χ1v) is 6.11. The second-order valence-corrected chi connectivity index (χ2v) is 5.07. The minimum Gasteiger partial charge on any atom is -0.508 e. The molecule has 0 bridgehead atoms. The Morgan fingerprint density at radius 2 is 2.07 bits per heavy atom. The van der Waals surface area contributed by atoms with Crippen LogP contribution in [0, 0.1) is 12.8 Å². The third-order valence-electron chi connectivity index (χ3n) is 1.95. The summed E-state index contributed by atoms with van der Waals surface area (Å²) >= 11 is 1.87. The Balaban J connectivity index is 2.51. The Bertz CT molecular complexity index is 294. The zero-order valence-electron chi connectivity index (χ0n) is 9.08. The van der Waals surface area contributed by atoms with Crippen LogP contribution < -0.4 is 0 Å². The zero-order valence-corrected chi connectivity index (χ0v) is 9.90. The van der Waals surface area contributed by atoms with E-state index in [1.54, 1.807) is 0 Å². The van der Waals surface area contributed by atoms with E-state index in [2.05, 4.69) is 13.8 Å². The first-order valence-electron chi connectivity index (χ1n) is 4.96. The van der Waals surface area contributed by atoms with E-state index >= 15 is 0 Å². The van der Waals surface area contributed by atoms with Gasteiger partial charge >= 0.3 is 0 Å². The number of hydrogen-bond acceptors (Lipinski definition) is 2. The fraction of sp³-hybridized carbons (Fsp3) is 0.500. The van der Waals surface area contributed by atoms with E-state index < -0.39 is 0 Å². The molecule has 1 nitrogen and oxygen atoms in total. The molecule has 0 aromatic heterocycles. The lowest BCUT2D eigenvalue weighted by molar-refractivity contribution is 0.470. The number of phenols is 1. The van der Waals surface area contributed by atoms with Gasteiger partial charge in [-0.3, -0.25) is 0 Å². The van der Waals surface area contributed by atoms with Crippen molar-refractivity contribution in [3.63, 3.8) is 0 Å². The quantitative estimate of drug-likeness (QED) is 0.819. The molecule has 0 fully saturated rings. The summed E-state index contributed by atoms with van der Waals surface area (Å²) in [7, 11) is 0. The van der Waals surface area contributed by atoms with Crippen LogP contribution in [0.2, 0.25) is 0 Å². The minimum absolute atomic E-state index is 0.432. The van der Waals surface area contributed by atoms with Crippen LogP contribution in [-0.4, -0.2) is 10.9 Å². The monoisotopic (exact) mass is 210 g/mol. The van der Waals surface area contributed by atoms with E-state index in [1.807, 2.05) is 36.9 Å². The SMILES string of the molecule is Cc1ccc(CSCC(C)C)c(O)c1. The molecular weight excluding hydrogens is 192 g/mol. The summed E-state index contributed by atoms with van der Waals surface area (Å²) in [5, 5.41) is 9.64. The molecule has 1 rings (SSSR count). The van der Waals surface area contributed by atoms with Crippen molar-refractivity contribution in [2.75, 3.05) is 5.75 Å². The van der Waals surface area contributed by atoms with Gasteiger partial charge < -0.3 is 5.11 Å². The lowest BCUT2D eigenvalue weighted by Gasteiger charge is -2.07. The summed E-state index contributed by atoms with van der Waals surface area (Å²) in [5.74, 6) is 3.20. The Morgan fingerprint density at radius 1 is 1.36 bits per heavy atom. The summed E-state index contributed by atoms with van der Waals surface area (Å²) in [4.78, 5) is 0. The molecule has 14 heavy (non-hydrogen) atoms. The van der Waals surface area contributed by atoms with Gasteiger partial charge in [-0.05, 0) is 30.2 Å². The fourth-order valence-corrected chi connectivity index (χ4v) is 2.25. The molecule has 0 spiro atoms. The van der Waals surface area contributed by atoms with Crippen LogP contribution >= 0.6 is 11.8 Å². The molecule has 0 amide bonds. The third kappa shape index (κ3) is 3.62. The number of benzene rings is 1. The van der Waals surface area contributed by atoms with Crippen LogP contribution in [0.25, 0.3) is 0 Å². The van der Waals surface area contributed by atoms with Gasteiger partial charge in [0.2, 0.25) is 0 Å². The first kappa shape index (κ1) is 11.4. The highest BCUT2D eigenvalue weighted by atomic mass is 32.2. The lowest BCUT2D eigenvalue weighted by Crippen LogP contribution is -1.92. The lowest BCUT2D eigenvalue weighted by atomic mass is 10.1. The van der Waals surface area contributed by atoms with E-state index in [0.29, 0.717) is 11.7 Å². The molecule has 0 unspecified atom stereocenters. The van der Waals surface area contributed by atoms with Crippen molar-refractivity contribution in [3.8, 4) is 5.75 Å². The topological polar surface area (TPSA) is 20.2 Å². The minimum atomic E-state index is 0.432. The van der Waals surface area contributed by atoms with Crippen molar-refractivity contribution >= 4 is 11.8 Å². The summed E-state index contributed by atoms with van der Waals surface area (Å²) < 4.78 is 0. The molecular formula is C12H18OS. The molecule has 0 atom stereocenters. The molecule has 1 aromatic carbocycles. The van der Waals surface area contributed by atoms with Gasteiger partial charge in [0.25, 0.3) is 0 Å². The van der Waals surface area contributed by atoms with Crippen LogP contribution in [0.5, 0.6) is 5.75 Å². The maximum absolute atomic E-state index is 9.64. The van der Waals surface area contributed by atoms with Gasteiger partial charge in [-0.1, -0.05) is 26.0 Å². The highest BCUT2D eigenvalue weighted by Gasteiger charge is 2.02. The second kappa shape index (κ2) is 5.30. The third-order valence-corrected chi connectivity index (χ3v) is 3.37. The van der Waals surface area contributed by atoms with Crippen molar-refractivity contribution in [1.82, 2.24) is 0 Å². The van der Waals surface area contributed by atoms with E-state index in [4.69, 9.17) is 0 Å². The highest BCUT2D eigenvalue weighted by Crippen LogP contribution is 2.24. The van der Waals surface area contributed by atoms with Gasteiger partial charge in [-0.2, -0.15) is 11.8 Å². The second-order valence-electron chi connectivity index (χ2n) is 4.04. The Morgan fingerprint density at radius 3 is 2.64 bits per heavy atom. The van der Waals surface area contributed by atoms with Gasteiger partial charge in [-0.15, -0.1) is 0 Å². The standard InChI is InChI=1S/C12H18OS/c1-9(2)7-14-8-11-5-4-10(3)6-12(11)13/h4-6,9,13H,7-8H2,1-3H3. The molecule has 0 radical (unpaired) electrons. The van der Waals surface area contributed by atoms with Crippen molar-refractivity contribution in [2.24, 2.45) is 5.92 Å². The van der Waals surface area contributed by atoms with Gasteiger partial charge in [0.15, 0.2) is 0 Å². The number of aromatic hydroxyl groups is 1. The molecule has 1 aromatic rings. The summed E-state index contributed by atoms with van der Waals surface area (Å²) in [6.07, 6.45) is 0. The predicted molar refractivity (Wildman–Crippen MR) is 63.8 cm³/mol. The molecule has 2 heteroatoms. The molecule has 78 valence electrons. The predicted octanol–water partition coefficient (Wildman–Crippen LogP) is 3.59. The molecule has 0 aliphatic rings. The van der Waals surface area contributed by atoms with E-state index in [9.17, 15) is 5.11 Å². The summed E-state index contributed by atoms with van der Waals surface area (Å²) in [5.41, 5.74) is 2.15. The van der Waals surface area contributed by atoms with Gasteiger partial charge in [-0.25, -0.2) is 0 Å². The van der Waals surface area contributed by atoms with Crippen LogP contribution in [0.3, 0.4) is 0 Å². The van der Waals surface area contributed by atoms with Crippen molar-refractivity contribution in [3.05, 3.63) is 29.3 Å². The number of phenolic OH excluding ortho intramolecular Hbond substituents is 1. The van der Waals surface area contributed by atoms with Crippen LogP contribution in [-0.2, 0) is 5.75 Å². The average Bonchev–Trinajstić information content (AvgIpc) is 2.08. The average molecular weight is 210 g/mol. The maximum atomic E-state index is 9.64. The summed E-state index contributed by atoms with van der Waals surface area (Å²) in [6.45, 7) is 6.41. The van der Waals surface area contributed by atoms with Crippen LogP contribution in [0.15, 0.2) is 18.2 Å². The molecule has 0 aliphatic carbocycles. The smallest absolute Gasteiger partial charge is 0.119 e. The van der Waals surface area contributed by atoms with E-state index in [-0.39, 0.29) is 0 Å². The molecule has 0 saturated heterocycles. The van der Waals surface area contributed by atoms with Crippen LogP contribution in [0.4, 0.5) is 0 Å². The zero-order chi connectivity index (χ0) is 10.6. The highest BCUT2D eigenvalue weighted by molar-refractivity contribution is 7.98. The van der Waals surface area contributed by atoms with Gasteiger partial charge in [0, 0.05) is 11.3 Å². The number of aryl methyl sites for hydroxylation is 1. The Labute approximate surface area is 90.5 Å². The van der Waals surface area contributed by atoms with Crippen LogP contribution in [0.1, 0.15) is 25.0 Å². The van der Waals surface area contributed by atoms with E-state index in [1.165, 1.54) is 0 Å². The normalized spacial score (nSPS) is 10.9. The van der Waals surface area contributed by atoms with Crippen molar-refractivity contribution in [1.29, 1.82) is 0 Å². The molecule has 0 saturated carbocycles. The molecule has 1 N–H and O–H groups in total.